The van der Waals surface area contributed by atoms with Crippen molar-refractivity contribution in [1.29, 1.82) is 0 Å². The van der Waals surface area contributed by atoms with E-state index in [1.807, 2.05) is 13.8 Å². The summed E-state index contributed by atoms with van der Waals surface area (Å²) in [7, 11) is 0. The van der Waals surface area contributed by atoms with E-state index < -0.39 is 11.9 Å². The second kappa shape index (κ2) is 5.34. The molecule has 3 N–H and O–H groups in total. The Balaban J connectivity index is 3.18. The van der Waals surface area contributed by atoms with Gasteiger partial charge in [-0.25, -0.2) is 4.79 Å². The first-order valence-corrected chi connectivity index (χ1v) is 5.30. The third-order valence-electron chi connectivity index (χ3n) is 2.39. The highest BCUT2D eigenvalue weighted by Gasteiger charge is 2.19. The summed E-state index contributed by atoms with van der Waals surface area (Å²) in [5, 5.41) is 9.09. The summed E-state index contributed by atoms with van der Waals surface area (Å²) in [6.45, 7) is 3.76. The molecule has 0 saturated heterocycles. The van der Waals surface area contributed by atoms with Gasteiger partial charge < -0.3 is 15.7 Å². The molecule has 0 aromatic heterocycles. The maximum Gasteiger partial charge on any atom is 0.337 e. The van der Waals surface area contributed by atoms with Gasteiger partial charge in [0.2, 0.25) is 5.91 Å². The van der Waals surface area contributed by atoms with Gasteiger partial charge in [-0.3, -0.25) is 4.79 Å². The molecule has 0 bridgehead atoms. The van der Waals surface area contributed by atoms with Crippen LogP contribution in [-0.2, 0) is 4.79 Å². The molecule has 0 spiro atoms. The number of hydrogen-bond donors (Lipinski definition) is 2. The summed E-state index contributed by atoms with van der Waals surface area (Å²) < 4.78 is 0. The summed E-state index contributed by atoms with van der Waals surface area (Å²) in [6.07, 6.45) is 0. The Morgan fingerprint density at radius 2 is 1.94 bits per heavy atom. The molecule has 17 heavy (non-hydrogen) atoms. The van der Waals surface area contributed by atoms with Crippen molar-refractivity contribution >= 4 is 17.6 Å². The third kappa shape index (κ3) is 3.21. The molecular formula is C12H16N2O3. The SMILES string of the molecule is CC(C)N(CC(N)=O)c1ccccc1C(=O)O. The Hall–Kier alpha value is -2.04. The van der Waals surface area contributed by atoms with Crippen LogP contribution in [0.25, 0.3) is 0 Å². The molecule has 0 heterocycles. The molecule has 5 heteroatoms. The third-order valence-corrected chi connectivity index (χ3v) is 2.39. The van der Waals surface area contributed by atoms with Gasteiger partial charge in [-0.05, 0) is 26.0 Å². The molecular weight excluding hydrogens is 220 g/mol. The topological polar surface area (TPSA) is 83.6 Å². The standard InChI is InChI=1S/C12H16N2O3/c1-8(2)14(7-11(13)15)10-6-4-3-5-9(10)12(16)17/h3-6,8H,7H2,1-2H3,(H2,13,15)(H,16,17). The Labute approximate surface area is 99.8 Å². The Kier molecular flexibility index (Phi) is 4.09. The van der Waals surface area contributed by atoms with Crippen molar-refractivity contribution in [1.82, 2.24) is 0 Å². The van der Waals surface area contributed by atoms with Crippen molar-refractivity contribution < 1.29 is 14.7 Å². The lowest BCUT2D eigenvalue weighted by Gasteiger charge is -2.28. The van der Waals surface area contributed by atoms with Crippen molar-refractivity contribution in [3.8, 4) is 0 Å². The molecule has 1 aromatic rings. The van der Waals surface area contributed by atoms with Crippen molar-refractivity contribution in [2.45, 2.75) is 19.9 Å². The summed E-state index contributed by atoms with van der Waals surface area (Å²) in [5.41, 5.74) is 5.84. The molecule has 1 aromatic carbocycles. The van der Waals surface area contributed by atoms with E-state index in [0.717, 1.165) is 0 Å². The first-order valence-electron chi connectivity index (χ1n) is 5.30. The fourth-order valence-corrected chi connectivity index (χ4v) is 1.62. The average molecular weight is 236 g/mol. The molecule has 0 fully saturated rings. The number of carboxylic acids is 1. The molecule has 0 saturated carbocycles. The van der Waals surface area contributed by atoms with Gasteiger partial charge in [-0.15, -0.1) is 0 Å². The van der Waals surface area contributed by atoms with Gasteiger partial charge in [0, 0.05) is 6.04 Å². The van der Waals surface area contributed by atoms with Crippen molar-refractivity contribution in [2.75, 3.05) is 11.4 Å². The highest BCUT2D eigenvalue weighted by atomic mass is 16.4. The van der Waals surface area contributed by atoms with E-state index in [4.69, 9.17) is 10.8 Å². The van der Waals surface area contributed by atoms with Gasteiger partial charge >= 0.3 is 5.97 Å². The van der Waals surface area contributed by atoms with Gasteiger partial charge in [0.15, 0.2) is 0 Å². The van der Waals surface area contributed by atoms with Crippen molar-refractivity contribution in [3.05, 3.63) is 29.8 Å². The van der Waals surface area contributed by atoms with Crippen molar-refractivity contribution in [2.24, 2.45) is 5.73 Å². The van der Waals surface area contributed by atoms with E-state index in [1.54, 1.807) is 23.1 Å². The van der Waals surface area contributed by atoms with Gasteiger partial charge in [-0.2, -0.15) is 0 Å². The minimum absolute atomic E-state index is 0.00194. The smallest absolute Gasteiger partial charge is 0.337 e. The fraction of sp³-hybridized carbons (Fsp3) is 0.333. The molecule has 0 radical (unpaired) electrons. The number of primary amides is 1. The lowest BCUT2D eigenvalue weighted by molar-refractivity contribution is -0.116. The maximum atomic E-state index is 11.1. The van der Waals surface area contributed by atoms with E-state index >= 15 is 0 Å². The van der Waals surface area contributed by atoms with E-state index in [1.165, 1.54) is 6.07 Å². The largest absolute Gasteiger partial charge is 0.478 e. The quantitative estimate of drug-likeness (QED) is 0.801. The minimum Gasteiger partial charge on any atom is -0.478 e. The molecule has 1 rings (SSSR count). The predicted molar refractivity (Wildman–Crippen MR) is 65.1 cm³/mol. The van der Waals surface area contributed by atoms with Crippen LogP contribution < -0.4 is 10.6 Å². The Bertz CT molecular complexity index is 430. The van der Waals surface area contributed by atoms with Gasteiger partial charge in [-0.1, -0.05) is 12.1 Å². The average Bonchev–Trinajstić information content (AvgIpc) is 2.25. The summed E-state index contributed by atoms with van der Waals surface area (Å²) in [4.78, 5) is 23.8. The Morgan fingerprint density at radius 1 is 1.35 bits per heavy atom. The molecule has 92 valence electrons. The van der Waals surface area contributed by atoms with Crippen LogP contribution in [0.5, 0.6) is 0 Å². The first-order chi connectivity index (χ1) is 7.93. The van der Waals surface area contributed by atoms with Crippen molar-refractivity contribution in [3.63, 3.8) is 0 Å². The molecule has 0 aliphatic carbocycles. The molecule has 0 aliphatic heterocycles. The van der Waals surface area contributed by atoms with Crippen LogP contribution >= 0.6 is 0 Å². The zero-order valence-electron chi connectivity index (χ0n) is 9.88. The number of anilines is 1. The van der Waals surface area contributed by atoms with Crippen LogP contribution in [0.4, 0.5) is 5.69 Å². The number of carbonyl (C=O) groups is 2. The molecule has 0 atom stereocenters. The zero-order chi connectivity index (χ0) is 13.0. The van der Waals surface area contributed by atoms with E-state index in [0.29, 0.717) is 5.69 Å². The number of nitrogens with zero attached hydrogens (tertiary/aromatic N) is 1. The molecule has 0 unspecified atom stereocenters. The molecule has 0 aliphatic rings. The van der Waals surface area contributed by atoms with E-state index in [9.17, 15) is 9.59 Å². The monoisotopic (exact) mass is 236 g/mol. The number of benzene rings is 1. The van der Waals surface area contributed by atoms with Crippen LogP contribution in [0.2, 0.25) is 0 Å². The number of carbonyl (C=O) groups excluding carboxylic acids is 1. The number of rotatable bonds is 5. The van der Waals surface area contributed by atoms with Crippen LogP contribution in [-0.4, -0.2) is 29.6 Å². The number of aromatic carboxylic acids is 1. The van der Waals surface area contributed by atoms with Gasteiger partial charge in [0.05, 0.1) is 17.8 Å². The highest BCUT2D eigenvalue weighted by Crippen LogP contribution is 2.22. The lowest BCUT2D eigenvalue weighted by Crippen LogP contribution is -2.39. The summed E-state index contributed by atoms with van der Waals surface area (Å²) in [5.74, 6) is -1.50. The fourth-order valence-electron chi connectivity index (χ4n) is 1.62. The molecule has 5 nitrogen and oxygen atoms in total. The van der Waals surface area contributed by atoms with Crippen LogP contribution in [0.3, 0.4) is 0 Å². The summed E-state index contributed by atoms with van der Waals surface area (Å²) >= 11 is 0. The second-order valence-electron chi connectivity index (χ2n) is 4.01. The van der Waals surface area contributed by atoms with Crippen LogP contribution in [0.1, 0.15) is 24.2 Å². The number of amides is 1. The Morgan fingerprint density at radius 3 is 2.41 bits per heavy atom. The highest BCUT2D eigenvalue weighted by molar-refractivity contribution is 5.95. The van der Waals surface area contributed by atoms with Gasteiger partial charge in [0.1, 0.15) is 0 Å². The minimum atomic E-state index is -1.02. The first kappa shape index (κ1) is 13.0. The van der Waals surface area contributed by atoms with E-state index in [2.05, 4.69) is 0 Å². The number of hydrogen-bond acceptors (Lipinski definition) is 3. The summed E-state index contributed by atoms with van der Waals surface area (Å²) in [6, 6.07) is 6.55. The number of para-hydroxylation sites is 1. The predicted octanol–water partition coefficient (Wildman–Crippen LogP) is 1.08. The number of nitrogens with two attached hydrogens (primary N) is 1. The zero-order valence-corrected chi connectivity index (χ0v) is 9.88. The van der Waals surface area contributed by atoms with Crippen LogP contribution in [0.15, 0.2) is 24.3 Å². The van der Waals surface area contributed by atoms with E-state index in [-0.39, 0.29) is 18.2 Å². The molecule has 1 amide bonds. The van der Waals surface area contributed by atoms with Crippen LogP contribution in [0, 0.1) is 0 Å². The van der Waals surface area contributed by atoms with Gasteiger partial charge in [0.25, 0.3) is 0 Å². The second-order valence-corrected chi connectivity index (χ2v) is 4.01. The normalized spacial score (nSPS) is 10.3. The maximum absolute atomic E-state index is 11.1. The lowest BCUT2D eigenvalue weighted by atomic mass is 10.1. The number of carboxylic acid groups (broad SMARTS) is 1.